The minimum Gasteiger partial charge on any atom is -0.497 e. The highest BCUT2D eigenvalue weighted by atomic mass is 16.5. The number of carbonyl (C=O) groups excluding carboxylic acids is 1. The lowest BCUT2D eigenvalue weighted by molar-refractivity contribution is -0.139. The van der Waals surface area contributed by atoms with Gasteiger partial charge in [-0.15, -0.1) is 0 Å². The molecule has 1 heterocycles. The van der Waals surface area contributed by atoms with Crippen LogP contribution in [0.2, 0.25) is 0 Å². The van der Waals surface area contributed by atoms with Crippen molar-refractivity contribution in [3.8, 4) is 5.75 Å². The maximum Gasteiger partial charge on any atom is 0.330 e. The van der Waals surface area contributed by atoms with Crippen LogP contribution in [0.3, 0.4) is 0 Å². The van der Waals surface area contributed by atoms with Gasteiger partial charge < -0.3 is 15.2 Å². The molecule has 7 nitrogen and oxygen atoms in total. The largest absolute Gasteiger partial charge is 0.497 e. The summed E-state index contributed by atoms with van der Waals surface area (Å²) in [7, 11) is 1.53. The van der Waals surface area contributed by atoms with Crippen molar-refractivity contribution in [1.29, 1.82) is 0 Å². The number of carboxylic acid groups (broad SMARTS) is 1. The number of carboxylic acids is 1. The standard InChI is InChI=1S/C16H19N3O4/c1-4-19-13(9-10(2)18-19)15(20)17-14(16(21)22)11-5-7-12(23-3)8-6-11/h5-9,14H,4H2,1-3H3,(H,17,20)(H,21,22). The zero-order valence-corrected chi connectivity index (χ0v) is 13.2. The Morgan fingerprint density at radius 1 is 1.35 bits per heavy atom. The van der Waals surface area contributed by atoms with Gasteiger partial charge in [-0.25, -0.2) is 4.79 Å². The summed E-state index contributed by atoms with van der Waals surface area (Å²) in [6, 6.07) is 7.01. The second-order valence-electron chi connectivity index (χ2n) is 5.00. The number of hydrogen-bond acceptors (Lipinski definition) is 4. The number of methoxy groups -OCH3 is 1. The lowest BCUT2D eigenvalue weighted by Gasteiger charge is -2.15. The highest BCUT2D eigenvalue weighted by Gasteiger charge is 2.24. The van der Waals surface area contributed by atoms with Gasteiger partial charge in [-0.1, -0.05) is 12.1 Å². The monoisotopic (exact) mass is 317 g/mol. The van der Waals surface area contributed by atoms with Crippen LogP contribution >= 0.6 is 0 Å². The van der Waals surface area contributed by atoms with Crippen LogP contribution in [0.1, 0.15) is 34.7 Å². The Balaban J connectivity index is 2.24. The van der Waals surface area contributed by atoms with Crippen LogP contribution in [-0.2, 0) is 11.3 Å². The van der Waals surface area contributed by atoms with Crippen LogP contribution < -0.4 is 10.1 Å². The number of carbonyl (C=O) groups is 2. The number of rotatable bonds is 6. The van der Waals surface area contributed by atoms with Crippen molar-refractivity contribution < 1.29 is 19.4 Å². The van der Waals surface area contributed by atoms with E-state index in [1.54, 1.807) is 37.3 Å². The molecule has 1 aromatic heterocycles. The molecule has 7 heteroatoms. The molecule has 0 bridgehead atoms. The summed E-state index contributed by atoms with van der Waals surface area (Å²) in [5, 5.41) is 16.1. The van der Waals surface area contributed by atoms with Crippen molar-refractivity contribution >= 4 is 11.9 Å². The van der Waals surface area contributed by atoms with Crippen molar-refractivity contribution in [2.75, 3.05) is 7.11 Å². The van der Waals surface area contributed by atoms with Crippen LogP contribution in [0, 0.1) is 6.92 Å². The van der Waals surface area contributed by atoms with Crippen LogP contribution in [0.25, 0.3) is 0 Å². The third kappa shape index (κ3) is 3.68. The van der Waals surface area contributed by atoms with Crippen molar-refractivity contribution in [3.63, 3.8) is 0 Å². The summed E-state index contributed by atoms with van der Waals surface area (Å²) >= 11 is 0. The molecule has 1 amide bonds. The van der Waals surface area contributed by atoms with Gasteiger partial charge in [-0.2, -0.15) is 5.10 Å². The zero-order chi connectivity index (χ0) is 17.0. The molecule has 0 saturated carbocycles. The molecule has 1 atom stereocenters. The zero-order valence-electron chi connectivity index (χ0n) is 13.2. The Morgan fingerprint density at radius 2 is 2.00 bits per heavy atom. The third-order valence-electron chi connectivity index (χ3n) is 3.41. The Morgan fingerprint density at radius 3 is 2.52 bits per heavy atom. The highest BCUT2D eigenvalue weighted by molar-refractivity contribution is 5.95. The van der Waals surface area contributed by atoms with Gasteiger partial charge in [0.1, 0.15) is 11.4 Å². The number of amides is 1. The molecule has 2 aromatic rings. The molecule has 2 rings (SSSR count). The second kappa shape index (κ2) is 6.95. The average molecular weight is 317 g/mol. The number of ether oxygens (including phenoxy) is 1. The van der Waals surface area contributed by atoms with E-state index < -0.39 is 17.9 Å². The van der Waals surface area contributed by atoms with Crippen LogP contribution in [0.15, 0.2) is 30.3 Å². The Hall–Kier alpha value is -2.83. The SMILES string of the molecule is CCn1nc(C)cc1C(=O)NC(C(=O)O)c1ccc(OC)cc1. The van der Waals surface area contributed by atoms with E-state index in [4.69, 9.17) is 4.74 Å². The van der Waals surface area contributed by atoms with E-state index >= 15 is 0 Å². The van der Waals surface area contributed by atoms with E-state index in [1.165, 1.54) is 11.8 Å². The van der Waals surface area contributed by atoms with Gasteiger partial charge in [-0.3, -0.25) is 9.48 Å². The fraction of sp³-hybridized carbons (Fsp3) is 0.312. The van der Waals surface area contributed by atoms with Crippen LogP contribution in [0.4, 0.5) is 0 Å². The highest BCUT2D eigenvalue weighted by Crippen LogP contribution is 2.18. The predicted molar refractivity (Wildman–Crippen MR) is 83.5 cm³/mol. The van der Waals surface area contributed by atoms with Crippen molar-refractivity contribution in [1.82, 2.24) is 15.1 Å². The van der Waals surface area contributed by atoms with Gasteiger partial charge in [0.15, 0.2) is 6.04 Å². The molecule has 0 aliphatic rings. The molecule has 0 fully saturated rings. The molecule has 0 aliphatic carbocycles. The van der Waals surface area contributed by atoms with Crippen molar-refractivity contribution in [3.05, 3.63) is 47.3 Å². The van der Waals surface area contributed by atoms with E-state index in [0.717, 1.165) is 0 Å². The number of benzene rings is 1. The lowest BCUT2D eigenvalue weighted by atomic mass is 10.1. The molecule has 0 aliphatic heterocycles. The molecule has 1 unspecified atom stereocenters. The Kier molecular flexibility index (Phi) is 5.00. The number of aromatic nitrogens is 2. The first-order valence-corrected chi connectivity index (χ1v) is 7.18. The second-order valence-corrected chi connectivity index (χ2v) is 5.00. The van der Waals surface area contributed by atoms with Crippen LogP contribution in [0.5, 0.6) is 5.75 Å². The van der Waals surface area contributed by atoms with Gasteiger partial charge in [-0.05, 0) is 37.6 Å². The number of aryl methyl sites for hydroxylation is 2. The summed E-state index contributed by atoms with van der Waals surface area (Å²) in [4.78, 5) is 23.9. The summed E-state index contributed by atoms with van der Waals surface area (Å²) in [5.74, 6) is -0.998. The first kappa shape index (κ1) is 16.5. The Labute approximate surface area is 133 Å². The minimum atomic E-state index is -1.14. The summed E-state index contributed by atoms with van der Waals surface area (Å²) in [5.41, 5.74) is 1.50. The summed E-state index contributed by atoms with van der Waals surface area (Å²) in [6.45, 7) is 4.17. The smallest absolute Gasteiger partial charge is 0.330 e. The van der Waals surface area contributed by atoms with Gasteiger partial charge in [0, 0.05) is 6.54 Å². The maximum atomic E-state index is 12.4. The first-order chi connectivity index (χ1) is 11.0. The van der Waals surface area contributed by atoms with Crippen molar-refractivity contribution in [2.24, 2.45) is 0 Å². The quantitative estimate of drug-likeness (QED) is 0.847. The molecule has 2 N–H and O–H groups in total. The summed E-state index contributed by atoms with van der Waals surface area (Å²) < 4.78 is 6.59. The minimum absolute atomic E-state index is 0.338. The van der Waals surface area contributed by atoms with Gasteiger partial charge in [0.2, 0.25) is 0 Å². The molecular formula is C16H19N3O4. The fourth-order valence-corrected chi connectivity index (χ4v) is 2.26. The fourth-order valence-electron chi connectivity index (χ4n) is 2.26. The van der Waals surface area contributed by atoms with E-state index in [9.17, 15) is 14.7 Å². The van der Waals surface area contributed by atoms with Crippen molar-refractivity contribution in [2.45, 2.75) is 26.4 Å². The number of hydrogen-bond donors (Lipinski definition) is 2. The molecule has 0 saturated heterocycles. The van der Waals surface area contributed by atoms with E-state index in [-0.39, 0.29) is 0 Å². The number of aliphatic carboxylic acids is 1. The van der Waals surface area contributed by atoms with Crippen LogP contribution in [-0.4, -0.2) is 33.9 Å². The first-order valence-electron chi connectivity index (χ1n) is 7.18. The normalized spacial score (nSPS) is 11.8. The maximum absolute atomic E-state index is 12.4. The Bertz CT molecular complexity index is 707. The predicted octanol–water partition coefficient (Wildman–Crippen LogP) is 1.78. The van der Waals surface area contributed by atoms with Gasteiger partial charge in [0.25, 0.3) is 5.91 Å². The molecular weight excluding hydrogens is 298 g/mol. The lowest BCUT2D eigenvalue weighted by Crippen LogP contribution is -2.35. The van der Waals surface area contributed by atoms with E-state index in [2.05, 4.69) is 10.4 Å². The summed E-state index contributed by atoms with van der Waals surface area (Å²) in [6.07, 6.45) is 0. The average Bonchev–Trinajstić information content (AvgIpc) is 2.93. The van der Waals surface area contributed by atoms with E-state index in [0.29, 0.717) is 29.2 Å². The molecule has 0 spiro atoms. The van der Waals surface area contributed by atoms with Gasteiger partial charge >= 0.3 is 5.97 Å². The van der Waals surface area contributed by atoms with E-state index in [1.807, 2.05) is 6.92 Å². The number of nitrogens with one attached hydrogen (secondary N) is 1. The molecule has 0 radical (unpaired) electrons. The molecule has 23 heavy (non-hydrogen) atoms. The number of nitrogens with zero attached hydrogens (tertiary/aromatic N) is 2. The van der Waals surface area contributed by atoms with Gasteiger partial charge in [0.05, 0.1) is 12.8 Å². The molecule has 1 aromatic carbocycles. The topological polar surface area (TPSA) is 93.5 Å². The molecule has 122 valence electrons. The third-order valence-corrected chi connectivity index (χ3v) is 3.41.